The number of nitrogens with two attached hydrogens (primary N) is 1. The number of rotatable bonds is 4. The molecular formula is C16H19NO2. The van der Waals surface area contributed by atoms with Crippen LogP contribution in [0.5, 0.6) is 17.2 Å². The van der Waals surface area contributed by atoms with Crippen molar-refractivity contribution < 1.29 is 9.84 Å². The molecular weight excluding hydrogens is 238 g/mol. The summed E-state index contributed by atoms with van der Waals surface area (Å²) >= 11 is 0. The molecule has 100 valence electrons. The number of ether oxygens (including phenoxy) is 1. The fourth-order valence-corrected chi connectivity index (χ4v) is 1.92. The molecule has 0 aromatic heterocycles. The van der Waals surface area contributed by atoms with Crippen LogP contribution in [0.1, 0.15) is 30.5 Å². The van der Waals surface area contributed by atoms with Crippen molar-refractivity contribution in [3.8, 4) is 17.2 Å². The number of benzene rings is 2. The van der Waals surface area contributed by atoms with Gasteiger partial charge < -0.3 is 15.6 Å². The first-order valence-corrected chi connectivity index (χ1v) is 6.43. The van der Waals surface area contributed by atoms with Crippen LogP contribution in [0.15, 0.2) is 42.5 Å². The van der Waals surface area contributed by atoms with Gasteiger partial charge in [0.25, 0.3) is 0 Å². The number of aromatic hydroxyl groups is 1. The summed E-state index contributed by atoms with van der Waals surface area (Å²) in [6.45, 7) is 3.96. The minimum absolute atomic E-state index is 0.0319. The molecule has 0 saturated heterocycles. The second-order valence-corrected chi connectivity index (χ2v) is 4.64. The Kier molecular flexibility index (Phi) is 4.07. The zero-order valence-corrected chi connectivity index (χ0v) is 11.3. The fraction of sp³-hybridized carbons (Fsp3) is 0.250. The molecule has 0 bridgehead atoms. The van der Waals surface area contributed by atoms with Gasteiger partial charge in [-0.1, -0.05) is 19.1 Å². The van der Waals surface area contributed by atoms with Crippen molar-refractivity contribution in [2.75, 3.05) is 0 Å². The van der Waals surface area contributed by atoms with Crippen molar-refractivity contribution >= 4 is 0 Å². The summed E-state index contributed by atoms with van der Waals surface area (Å²) in [7, 11) is 0. The summed E-state index contributed by atoms with van der Waals surface area (Å²) in [5.74, 6) is 1.74. The number of hydrogen-bond acceptors (Lipinski definition) is 3. The molecule has 2 rings (SSSR count). The van der Waals surface area contributed by atoms with Crippen molar-refractivity contribution in [1.29, 1.82) is 0 Å². The highest BCUT2D eigenvalue weighted by Gasteiger charge is 2.06. The van der Waals surface area contributed by atoms with Gasteiger partial charge in [-0.25, -0.2) is 0 Å². The van der Waals surface area contributed by atoms with Crippen LogP contribution in [0.25, 0.3) is 0 Å². The third-order valence-electron chi connectivity index (χ3n) is 3.11. The molecule has 0 heterocycles. The summed E-state index contributed by atoms with van der Waals surface area (Å²) < 4.78 is 5.83. The Balaban J connectivity index is 2.23. The highest BCUT2D eigenvalue weighted by Crippen LogP contribution is 2.29. The Hall–Kier alpha value is -2.00. The summed E-state index contributed by atoms with van der Waals surface area (Å²) in [6, 6.07) is 12.9. The molecule has 3 heteroatoms. The topological polar surface area (TPSA) is 55.5 Å². The number of hydrogen-bond donors (Lipinski definition) is 2. The summed E-state index contributed by atoms with van der Waals surface area (Å²) in [4.78, 5) is 0. The van der Waals surface area contributed by atoms with Crippen molar-refractivity contribution in [1.82, 2.24) is 0 Å². The van der Waals surface area contributed by atoms with Gasteiger partial charge in [-0.2, -0.15) is 0 Å². The average molecular weight is 257 g/mol. The first kappa shape index (κ1) is 13.4. The molecule has 1 unspecified atom stereocenters. The minimum Gasteiger partial charge on any atom is -0.508 e. The van der Waals surface area contributed by atoms with Gasteiger partial charge in [-0.3, -0.25) is 0 Å². The molecule has 19 heavy (non-hydrogen) atoms. The van der Waals surface area contributed by atoms with Gasteiger partial charge in [-0.15, -0.1) is 0 Å². The molecule has 0 amide bonds. The molecule has 0 aliphatic rings. The SMILES string of the molecule is CCC(N)c1cccc(Oc2ccc(O)cc2C)c1. The minimum atomic E-state index is 0.0319. The molecule has 0 radical (unpaired) electrons. The van der Waals surface area contributed by atoms with E-state index in [2.05, 4.69) is 6.92 Å². The van der Waals surface area contributed by atoms with E-state index < -0.39 is 0 Å². The van der Waals surface area contributed by atoms with E-state index in [-0.39, 0.29) is 11.8 Å². The van der Waals surface area contributed by atoms with Crippen LogP contribution < -0.4 is 10.5 Å². The normalized spacial score (nSPS) is 12.2. The lowest BCUT2D eigenvalue weighted by Gasteiger charge is -2.13. The van der Waals surface area contributed by atoms with E-state index in [1.807, 2.05) is 31.2 Å². The summed E-state index contributed by atoms with van der Waals surface area (Å²) in [5, 5.41) is 9.38. The first-order valence-electron chi connectivity index (χ1n) is 6.43. The third kappa shape index (κ3) is 3.26. The van der Waals surface area contributed by atoms with Crippen LogP contribution in [-0.2, 0) is 0 Å². The third-order valence-corrected chi connectivity index (χ3v) is 3.11. The Labute approximate surface area is 113 Å². The number of aryl methyl sites for hydroxylation is 1. The van der Waals surface area contributed by atoms with Crippen LogP contribution >= 0.6 is 0 Å². The van der Waals surface area contributed by atoms with E-state index in [0.29, 0.717) is 0 Å². The van der Waals surface area contributed by atoms with Gasteiger partial charge in [0.1, 0.15) is 17.2 Å². The maximum atomic E-state index is 9.38. The maximum absolute atomic E-state index is 9.38. The molecule has 1 atom stereocenters. The van der Waals surface area contributed by atoms with E-state index >= 15 is 0 Å². The Morgan fingerprint density at radius 3 is 2.68 bits per heavy atom. The van der Waals surface area contributed by atoms with Crippen molar-refractivity contribution in [3.05, 3.63) is 53.6 Å². The highest BCUT2D eigenvalue weighted by atomic mass is 16.5. The van der Waals surface area contributed by atoms with E-state index in [4.69, 9.17) is 10.5 Å². The number of phenols is 1. The zero-order valence-electron chi connectivity index (χ0n) is 11.3. The molecule has 2 aromatic carbocycles. The first-order chi connectivity index (χ1) is 9.10. The van der Waals surface area contributed by atoms with Crippen molar-refractivity contribution in [2.24, 2.45) is 5.73 Å². The van der Waals surface area contributed by atoms with Crippen LogP contribution in [-0.4, -0.2) is 5.11 Å². The highest BCUT2D eigenvalue weighted by molar-refractivity contribution is 5.42. The Morgan fingerprint density at radius 1 is 1.21 bits per heavy atom. The quantitative estimate of drug-likeness (QED) is 0.873. The Morgan fingerprint density at radius 2 is 2.00 bits per heavy atom. The van der Waals surface area contributed by atoms with Crippen LogP contribution in [0, 0.1) is 6.92 Å². The van der Waals surface area contributed by atoms with Crippen molar-refractivity contribution in [2.45, 2.75) is 26.3 Å². The monoisotopic (exact) mass is 257 g/mol. The molecule has 3 N–H and O–H groups in total. The maximum Gasteiger partial charge on any atom is 0.130 e. The number of phenolic OH excluding ortho intramolecular Hbond substituents is 1. The molecule has 2 aromatic rings. The molecule has 3 nitrogen and oxygen atoms in total. The van der Waals surface area contributed by atoms with Gasteiger partial charge in [0, 0.05) is 6.04 Å². The molecule has 0 saturated carbocycles. The second kappa shape index (κ2) is 5.76. The molecule has 0 fully saturated rings. The lowest BCUT2D eigenvalue weighted by Crippen LogP contribution is -2.08. The zero-order chi connectivity index (χ0) is 13.8. The van der Waals surface area contributed by atoms with Crippen LogP contribution in [0.3, 0.4) is 0 Å². The lowest BCUT2D eigenvalue weighted by molar-refractivity contribution is 0.461. The van der Waals surface area contributed by atoms with Crippen LogP contribution in [0.2, 0.25) is 0 Å². The van der Waals surface area contributed by atoms with Gasteiger partial charge in [0.05, 0.1) is 0 Å². The van der Waals surface area contributed by atoms with Gasteiger partial charge in [-0.05, 0) is 54.8 Å². The summed E-state index contributed by atoms with van der Waals surface area (Å²) in [5.41, 5.74) is 7.98. The average Bonchev–Trinajstić information content (AvgIpc) is 2.41. The van der Waals surface area contributed by atoms with E-state index in [9.17, 15) is 5.11 Å². The Bertz CT molecular complexity index is 566. The van der Waals surface area contributed by atoms with E-state index in [0.717, 1.165) is 29.0 Å². The van der Waals surface area contributed by atoms with E-state index in [1.165, 1.54) is 0 Å². The van der Waals surface area contributed by atoms with Gasteiger partial charge in [0.15, 0.2) is 0 Å². The largest absolute Gasteiger partial charge is 0.508 e. The lowest BCUT2D eigenvalue weighted by atomic mass is 10.1. The van der Waals surface area contributed by atoms with E-state index in [1.54, 1.807) is 18.2 Å². The summed E-state index contributed by atoms with van der Waals surface area (Å²) in [6.07, 6.45) is 0.891. The molecule has 0 aliphatic carbocycles. The predicted octanol–water partition coefficient (Wildman–Crippen LogP) is 3.90. The van der Waals surface area contributed by atoms with Gasteiger partial charge >= 0.3 is 0 Å². The second-order valence-electron chi connectivity index (χ2n) is 4.64. The fourth-order valence-electron chi connectivity index (χ4n) is 1.92. The molecule has 0 aliphatic heterocycles. The van der Waals surface area contributed by atoms with Gasteiger partial charge in [0.2, 0.25) is 0 Å². The molecule has 0 spiro atoms. The smallest absolute Gasteiger partial charge is 0.130 e. The standard InChI is InChI=1S/C16H19NO2/c1-3-15(17)12-5-4-6-14(10-12)19-16-8-7-13(18)9-11(16)2/h4-10,15,18H,3,17H2,1-2H3. The van der Waals surface area contributed by atoms with Crippen molar-refractivity contribution in [3.63, 3.8) is 0 Å². The predicted molar refractivity (Wildman–Crippen MR) is 76.6 cm³/mol. The van der Waals surface area contributed by atoms with Crippen LogP contribution in [0.4, 0.5) is 0 Å².